The van der Waals surface area contributed by atoms with E-state index < -0.39 is 0 Å². The molecule has 0 atom stereocenters. The van der Waals surface area contributed by atoms with E-state index in [1.54, 1.807) is 7.05 Å². The molecule has 0 fully saturated rings. The molecule has 0 unspecified atom stereocenters. The van der Waals surface area contributed by atoms with Crippen molar-refractivity contribution in [3.05, 3.63) is 52.2 Å². The van der Waals surface area contributed by atoms with Crippen molar-refractivity contribution in [2.75, 3.05) is 13.6 Å². The molecule has 2 N–H and O–H groups in total. The van der Waals surface area contributed by atoms with E-state index in [4.69, 9.17) is 16.0 Å². The second-order valence-electron chi connectivity index (χ2n) is 4.98. The molecule has 7 heteroatoms. The summed E-state index contributed by atoms with van der Waals surface area (Å²) in [5, 5.41) is 7.19. The van der Waals surface area contributed by atoms with Gasteiger partial charge in [0.05, 0.1) is 12.2 Å². The van der Waals surface area contributed by atoms with E-state index in [1.807, 2.05) is 32.0 Å². The smallest absolute Gasteiger partial charge is 0.214 e. The molecule has 0 saturated carbocycles. The Morgan fingerprint density at radius 2 is 2.09 bits per heavy atom. The van der Waals surface area contributed by atoms with Gasteiger partial charge in [0, 0.05) is 18.6 Å². The molecular formula is C16H22ClIN4O. The lowest BCUT2D eigenvalue weighted by Gasteiger charge is -2.10. The molecule has 0 saturated heterocycles. The van der Waals surface area contributed by atoms with E-state index in [0.29, 0.717) is 12.4 Å². The van der Waals surface area contributed by atoms with Crippen molar-refractivity contribution in [1.29, 1.82) is 0 Å². The lowest BCUT2D eigenvalue weighted by atomic mass is 10.1. The van der Waals surface area contributed by atoms with Gasteiger partial charge in [-0.15, -0.1) is 24.0 Å². The number of oxazole rings is 1. The van der Waals surface area contributed by atoms with Crippen molar-refractivity contribution in [2.45, 2.75) is 26.8 Å². The van der Waals surface area contributed by atoms with Crippen LogP contribution in [-0.4, -0.2) is 24.5 Å². The molecule has 0 amide bonds. The van der Waals surface area contributed by atoms with Gasteiger partial charge in [-0.3, -0.25) is 4.99 Å². The summed E-state index contributed by atoms with van der Waals surface area (Å²) in [5.41, 5.74) is 2.11. The zero-order valence-corrected chi connectivity index (χ0v) is 16.6. The molecule has 126 valence electrons. The van der Waals surface area contributed by atoms with Crippen LogP contribution in [0.25, 0.3) is 0 Å². The van der Waals surface area contributed by atoms with E-state index in [2.05, 4.69) is 26.7 Å². The SMILES string of the molecule is CN=C(NCCc1cccc(Cl)c1)NCc1nc(C)c(C)o1.I. The molecule has 5 nitrogen and oxygen atoms in total. The summed E-state index contributed by atoms with van der Waals surface area (Å²) in [7, 11) is 1.74. The average Bonchev–Trinajstić information content (AvgIpc) is 2.81. The normalized spacial score (nSPS) is 11.0. The molecule has 0 aliphatic rings. The highest BCUT2D eigenvalue weighted by atomic mass is 127. The molecule has 0 radical (unpaired) electrons. The Hall–Kier alpha value is -1.28. The maximum Gasteiger partial charge on any atom is 0.214 e. The van der Waals surface area contributed by atoms with Crippen LogP contribution in [0.1, 0.15) is 22.9 Å². The van der Waals surface area contributed by atoms with Crippen LogP contribution in [0.4, 0.5) is 0 Å². The second kappa shape index (κ2) is 9.77. The van der Waals surface area contributed by atoms with E-state index in [-0.39, 0.29) is 24.0 Å². The first-order valence-electron chi connectivity index (χ1n) is 7.20. The van der Waals surface area contributed by atoms with Gasteiger partial charge in [-0.05, 0) is 38.0 Å². The number of benzene rings is 1. The predicted molar refractivity (Wildman–Crippen MR) is 105 cm³/mol. The van der Waals surface area contributed by atoms with Gasteiger partial charge in [-0.25, -0.2) is 4.98 Å². The number of hydrogen-bond acceptors (Lipinski definition) is 3. The molecule has 1 aromatic carbocycles. The van der Waals surface area contributed by atoms with E-state index in [1.165, 1.54) is 5.56 Å². The van der Waals surface area contributed by atoms with Crippen molar-refractivity contribution in [1.82, 2.24) is 15.6 Å². The lowest BCUT2D eigenvalue weighted by Crippen LogP contribution is -2.37. The Kier molecular flexibility index (Phi) is 8.40. The number of guanidine groups is 1. The van der Waals surface area contributed by atoms with Gasteiger partial charge in [0.15, 0.2) is 5.96 Å². The van der Waals surface area contributed by atoms with Gasteiger partial charge < -0.3 is 15.1 Å². The zero-order chi connectivity index (χ0) is 15.9. The predicted octanol–water partition coefficient (Wildman–Crippen LogP) is 3.47. The van der Waals surface area contributed by atoms with Crippen molar-refractivity contribution in [2.24, 2.45) is 4.99 Å². The van der Waals surface area contributed by atoms with Gasteiger partial charge >= 0.3 is 0 Å². The number of rotatable bonds is 5. The second-order valence-corrected chi connectivity index (χ2v) is 5.42. The summed E-state index contributed by atoms with van der Waals surface area (Å²) < 4.78 is 5.53. The highest BCUT2D eigenvalue weighted by Crippen LogP contribution is 2.10. The summed E-state index contributed by atoms with van der Waals surface area (Å²) in [6.45, 7) is 5.11. The molecule has 23 heavy (non-hydrogen) atoms. The summed E-state index contributed by atoms with van der Waals surface area (Å²) >= 11 is 5.97. The minimum Gasteiger partial charge on any atom is -0.444 e. The number of hydrogen-bond donors (Lipinski definition) is 2. The Bertz CT molecular complexity index is 638. The van der Waals surface area contributed by atoms with Gasteiger partial charge in [0.25, 0.3) is 0 Å². The largest absolute Gasteiger partial charge is 0.444 e. The van der Waals surface area contributed by atoms with E-state index in [9.17, 15) is 0 Å². The summed E-state index contributed by atoms with van der Waals surface area (Å²) in [6, 6.07) is 7.86. The minimum absolute atomic E-state index is 0. The van der Waals surface area contributed by atoms with E-state index in [0.717, 1.165) is 35.4 Å². The van der Waals surface area contributed by atoms with Crippen molar-refractivity contribution < 1.29 is 4.42 Å². The first-order chi connectivity index (χ1) is 10.6. The van der Waals surface area contributed by atoms with Crippen LogP contribution in [0, 0.1) is 13.8 Å². The van der Waals surface area contributed by atoms with Gasteiger partial charge in [0.2, 0.25) is 5.89 Å². The summed E-state index contributed by atoms with van der Waals surface area (Å²) in [4.78, 5) is 8.51. The lowest BCUT2D eigenvalue weighted by molar-refractivity contribution is 0.464. The topological polar surface area (TPSA) is 62.5 Å². The fourth-order valence-corrected chi connectivity index (χ4v) is 2.23. The fourth-order valence-electron chi connectivity index (χ4n) is 2.01. The third-order valence-corrected chi connectivity index (χ3v) is 3.53. The average molecular weight is 449 g/mol. The molecule has 1 aromatic heterocycles. The highest BCUT2D eigenvalue weighted by molar-refractivity contribution is 14.0. The fraction of sp³-hybridized carbons (Fsp3) is 0.375. The number of halogens is 2. The summed E-state index contributed by atoms with van der Waals surface area (Å²) in [5.74, 6) is 2.23. The maximum absolute atomic E-state index is 5.97. The Balaban J connectivity index is 0.00000264. The molecule has 2 aromatic rings. The number of aromatic nitrogens is 1. The molecule has 0 aliphatic heterocycles. The van der Waals surface area contributed by atoms with Crippen LogP contribution >= 0.6 is 35.6 Å². The Morgan fingerprint density at radius 1 is 1.30 bits per heavy atom. The molecule has 0 aliphatic carbocycles. The van der Waals surface area contributed by atoms with Crippen LogP contribution in [0.15, 0.2) is 33.7 Å². The van der Waals surface area contributed by atoms with Crippen LogP contribution in [0.5, 0.6) is 0 Å². The standard InChI is InChI=1S/C16H21ClN4O.HI/c1-11-12(2)22-15(21-11)10-20-16(18-3)19-8-7-13-5-4-6-14(17)9-13;/h4-6,9H,7-8,10H2,1-3H3,(H2,18,19,20);1H. The quantitative estimate of drug-likeness (QED) is 0.418. The zero-order valence-electron chi connectivity index (χ0n) is 13.5. The minimum atomic E-state index is 0. The Labute approximate surface area is 158 Å². The number of nitrogens with zero attached hydrogens (tertiary/aromatic N) is 2. The third-order valence-electron chi connectivity index (χ3n) is 3.30. The molecular weight excluding hydrogens is 427 g/mol. The number of aryl methyl sites for hydroxylation is 2. The van der Waals surface area contributed by atoms with Gasteiger partial charge in [-0.2, -0.15) is 0 Å². The van der Waals surface area contributed by atoms with Gasteiger partial charge in [0.1, 0.15) is 5.76 Å². The Morgan fingerprint density at radius 3 is 2.70 bits per heavy atom. The monoisotopic (exact) mass is 448 g/mol. The summed E-state index contributed by atoms with van der Waals surface area (Å²) in [6.07, 6.45) is 0.873. The first-order valence-corrected chi connectivity index (χ1v) is 7.58. The van der Waals surface area contributed by atoms with Crippen molar-refractivity contribution in [3.8, 4) is 0 Å². The molecule has 0 bridgehead atoms. The van der Waals surface area contributed by atoms with Crippen LogP contribution in [-0.2, 0) is 13.0 Å². The van der Waals surface area contributed by atoms with Gasteiger partial charge in [-0.1, -0.05) is 23.7 Å². The van der Waals surface area contributed by atoms with Crippen LogP contribution in [0.2, 0.25) is 5.02 Å². The number of aliphatic imine (C=N–C) groups is 1. The van der Waals surface area contributed by atoms with Crippen molar-refractivity contribution in [3.63, 3.8) is 0 Å². The van der Waals surface area contributed by atoms with E-state index >= 15 is 0 Å². The molecule has 2 rings (SSSR count). The molecule has 0 spiro atoms. The number of nitrogens with one attached hydrogen (secondary N) is 2. The maximum atomic E-state index is 5.97. The third kappa shape index (κ3) is 6.39. The first kappa shape index (κ1) is 19.8. The van der Waals surface area contributed by atoms with Crippen LogP contribution < -0.4 is 10.6 Å². The highest BCUT2D eigenvalue weighted by Gasteiger charge is 2.06. The van der Waals surface area contributed by atoms with Crippen molar-refractivity contribution >= 4 is 41.5 Å². The molecule has 1 heterocycles. The van der Waals surface area contributed by atoms with Crippen LogP contribution in [0.3, 0.4) is 0 Å².